The number of rotatable bonds is 1. The maximum absolute atomic E-state index is 8.56. The minimum atomic E-state index is 0.428. The highest BCUT2D eigenvalue weighted by Gasteiger charge is 2.09. The van der Waals surface area contributed by atoms with Crippen LogP contribution in [0.3, 0.4) is 0 Å². The predicted molar refractivity (Wildman–Crippen MR) is 55.2 cm³/mol. The predicted octanol–water partition coefficient (Wildman–Crippen LogP) is 3.50. The van der Waals surface area contributed by atoms with Gasteiger partial charge in [-0.25, -0.2) is 0 Å². The number of oxime groups is 1. The summed E-state index contributed by atoms with van der Waals surface area (Å²) in [6.45, 7) is 3.52. The van der Waals surface area contributed by atoms with Crippen LogP contribution in [0.1, 0.15) is 18.1 Å². The molecule has 0 radical (unpaired) electrons. The van der Waals surface area contributed by atoms with Crippen molar-refractivity contribution >= 4 is 28.9 Å². The summed E-state index contributed by atoms with van der Waals surface area (Å²) in [7, 11) is 0. The second-order valence-corrected chi connectivity index (χ2v) is 3.50. The Hall–Kier alpha value is -0.730. The van der Waals surface area contributed by atoms with E-state index in [1.54, 1.807) is 13.0 Å². The Morgan fingerprint density at radius 3 is 2.46 bits per heavy atom. The highest BCUT2D eigenvalue weighted by Crippen LogP contribution is 2.29. The van der Waals surface area contributed by atoms with Gasteiger partial charge in [-0.2, -0.15) is 0 Å². The first kappa shape index (κ1) is 10.4. The second-order valence-electron chi connectivity index (χ2n) is 2.74. The lowest BCUT2D eigenvalue weighted by atomic mass is 10.1. The quantitative estimate of drug-likeness (QED) is 0.436. The molecule has 0 aliphatic heterocycles. The molecule has 1 rings (SSSR count). The molecule has 0 aliphatic rings. The second kappa shape index (κ2) is 3.99. The van der Waals surface area contributed by atoms with Gasteiger partial charge in [0.05, 0.1) is 15.8 Å². The van der Waals surface area contributed by atoms with Crippen LogP contribution in [0.5, 0.6) is 0 Å². The average molecular weight is 218 g/mol. The molecular formula is C9H9Cl2NO. The van der Waals surface area contributed by atoms with E-state index >= 15 is 0 Å². The van der Waals surface area contributed by atoms with Crippen molar-refractivity contribution in [3.05, 3.63) is 33.3 Å². The zero-order valence-electron chi connectivity index (χ0n) is 7.31. The van der Waals surface area contributed by atoms with E-state index < -0.39 is 0 Å². The fourth-order valence-corrected chi connectivity index (χ4v) is 1.49. The number of aryl methyl sites for hydroxylation is 1. The van der Waals surface area contributed by atoms with Crippen molar-refractivity contribution in [2.75, 3.05) is 0 Å². The molecule has 0 heterocycles. The summed E-state index contributed by atoms with van der Waals surface area (Å²) < 4.78 is 0. The number of hydrogen-bond donors (Lipinski definition) is 1. The van der Waals surface area contributed by atoms with Crippen LogP contribution in [0.15, 0.2) is 17.3 Å². The van der Waals surface area contributed by atoms with Gasteiger partial charge in [-0.05, 0) is 19.4 Å². The van der Waals surface area contributed by atoms with E-state index in [9.17, 15) is 0 Å². The molecule has 1 aromatic rings. The van der Waals surface area contributed by atoms with Crippen LogP contribution in [0.25, 0.3) is 0 Å². The smallest absolute Gasteiger partial charge is 0.0852 e. The van der Waals surface area contributed by atoms with Gasteiger partial charge in [0, 0.05) is 5.56 Å². The highest BCUT2D eigenvalue weighted by molar-refractivity contribution is 6.44. The summed E-state index contributed by atoms with van der Waals surface area (Å²) in [6.07, 6.45) is 0. The summed E-state index contributed by atoms with van der Waals surface area (Å²) in [4.78, 5) is 0. The van der Waals surface area contributed by atoms with Gasteiger partial charge < -0.3 is 5.21 Å². The van der Waals surface area contributed by atoms with E-state index in [0.717, 1.165) is 5.56 Å². The molecule has 0 atom stereocenters. The topological polar surface area (TPSA) is 32.6 Å². The molecule has 0 aliphatic carbocycles. The molecule has 0 saturated heterocycles. The lowest BCUT2D eigenvalue weighted by Gasteiger charge is -2.05. The fourth-order valence-electron chi connectivity index (χ4n) is 0.979. The van der Waals surface area contributed by atoms with Gasteiger partial charge >= 0.3 is 0 Å². The van der Waals surface area contributed by atoms with Crippen LogP contribution in [-0.4, -0.2) is 10.9 Å². The standard InChI is InChI=1S/C9H9Cl2NO/c1-5-3-4-7(6(2)12-13)9(11)8(5)10/h3-4,13H,1-2H3/b12-6+. The molecule has 70 valence electrons. The maximum Gasteiger partial charge on any atom is 0.0852 e. The largest absolute Gasteiger partial charge is 0.411 e. The fraction of sp³-hybridized carbons (Fsp3) is 0.222. The Morgan fingerprint density at radius 1 is 1.31 bits per heavy atom. The molecule has 0 bridgehead atoms. The van der Waals surface area contributed by atoms with E-state index in [1.807, 2.05) is 13.0 Å². The van der Waals surface area contributed by atoms with Crippen molar-refractivity contribution in [2.45, 2.75) is 13.8 Å². The molecule has 0 fully saturated rings. The number of benzene rings is 1. The Labute approximate surface area is 86.8 Å². The third-order valence-electron chi connectivity index (χ3n) is 1.82. The minimum absolute atomic E-state index is 0.428. The molecule has 2 nitrogen and oxygen atoms in total. The third kappa shape index (κ3) is 1.95. The maximum atomic E-state index is 8.56. The monoisotopic (exact) mass is 217 g/mol. The lowest BCUT2D eigenvalue weighted by Crippen LogP contribution is -1.96. The van der Waals surface area contributed by atoms with Crippen LogP contribution in [0.2, 0.25) is 10.0 Å². The SMILES string of the molecule is C/C(=N\O)c1ccc(C)c(Cl)c1Cl. The number of hydrogen-bond acceptors (Lipinski definition) is 2. The molecule has 0 unspecified atom stereocenters. The van der Waals surface area contributed by atoms with E-state index in [1.165, 1.54) is 0 Å². The normalized spacial score (nSPS) is 11.8. The van der Waals surface area contributed by atoms with Gasteiger partial charge in [-0.3, -0.25) is 0 Å². The third-order valence-corrected chi connectivity index (χ3v) is 2.79. The summed E-state index contributed by atoms with van der Waals surface area (Å²) in [5.41, 5.74) is 2.01. The first-order valence-electron chi connectivity index (χ1n) is 3.71. The first-order chi connectivity index (χ1) is 6.07. The van der Waals surface area contributed by atoms with Gasteiger partial charge in [0.1, 0.15) is 0 Å². The van der Waals surface area contributed by atoms with Crippen molar-refractivity contribution in [2.24, 2.45) is 5.16 Å². The summed E-state index contributed by atoms with van der Waals surface area (Å²) in [5, 5.41) is 12.6. The van der Waals surface area contributed by atoms with Crippen LogP contribution >= 0.6 is 23.2 Å². The number of nitrogens with zero attached hydrogens (tertiary/aromatic N) is 1. The molecule has 0 saturated carbocycles. The average Bonchev–Trinajstić information content (AvgIpc) is 2.13. The zero-order valence-corrected chi connectivity index (χ0v) is 8.82. The molecule has 1 aromatic carbocycles. The molecule has 0 spiro atoms. The van der Waals surface area contributed by atoms with Crippen molar-refractivity contribution < 1.29 is 5.21 Å². The molecule has 0 amide bonds. The summed E-state index contributed by atoms with van der Waals surface area (Å²) in [5.74, 6) is 0. The minimum Gasteiger partial charge on any atom is -0.411 e. The van der Waals surface area contributed by atoms with Crippen molar-refractivity contribution in [3.63, 3.8) is 0 Å². The van der Waals surface area contributed by atoms with Gasteiger partial charge in [0.2, 0.25) is 0 Å². The van der Waals surface area contributed by atoms with Crippen LogP contribution in [-0.2, 0) is 0 Å². The molecule has 4 heteroatoms. The van der Waals surface area contributed by atoms with E-state index in [0.29, 0.717) is 21.3 Å². The van der Waals surface area contributed by atoms with Crippen LogP contribution in [0, 0.1) is 6.92 Å². The Kier molecular flexibility index (Phi) is 3.17. The van der Waals surface area contributed by atoms with Crippen molar-refractivity contribution in [1.82, 2.24) is 0 Å². The van der Waals surface area contributed by atoms with Gasteiger partial charge in [0.15, 0.2) is 0 Å². The van der Waals surface area contributed by atoms with Gasteiger partial charge in [0.25, 0.3) is 0 Å². The van der Waals surface area contributed by atoms with Crippen LogP contribution < -0.4 is 0 Å². The highest BCUT2D eigenvalue weighted by atomic mass is 35.5. The Bertz CT molecular complexity index is 361. The van der Waals surface area contributed by atoms with Crippen molar-refractivity contribution in [1.29, 1.82) is 0 Å². The van der Waals surface area contributed by atoms with Gasteiger partial charge in [-0.15, -0.1) is 0 Å². The Balaban J connectivity index is 3.34. The van der Waals surface area contributed by atoms with Gasteiger partial charge in [-0.1, -0.05) is 40.5 Å². The summed E-state index contributed by atoms with van der Waals surface area (Å²) in [6, 6.07) is 3.61. The molecule has 0 aromatic heterocycles. The zero-order chi connectivity index (χ0) is 10.0. The van der Waals surface area contributed by atoms with E-state index in [2.05, 4.69) is 5.16 Å². The van der Waals surface area contributed by atoms with Crippen LogP contribution in [0.4, 0.5) is 0 Å². The van der Waals surface area contributed by atoms with E-state index in [-0.39, 0.29) is 0 Å². The molecule has 13 heavy (non-hydrogen) atoms. The molecular weight excluding hydrogens is 209 g/mol. The summed E-state index contributed by atoms with van der Waals surface area (Å²) >= 11 is 11.9. The van der Waals surface area contributed by atoms with Crippen molar-refractivity contribution in [3.8, 4) is 0 Å². The number of halogens is 2. The van der Waals surface area contributed by atoms with E-state index in [4.69, 9.17) is 28.4 Å². The lowest BCUT2D eigenvalue weighted by molar-refractivity contribution is 0.319. The Morgan fingerprint density at radius 2 is 1.92 bits per heavy atom. The molecule has 1 N–H and O–H groups in total. The first-order valence-corrected chi connectivity index (χ1v) is 4.47.